The topological polar surface area (TPSA) is 68.9 Å². The Bertz CT molecular complexity index is 748. The van der Waals surface area contributed by atoms with Gasteiger partial charge in [0.05, 0.1) is 17.3 Å². The fourth-order valence-electron chi connectivity index (χ4n) is 2.88. The van der Waals surface area contributed by atoms with Crippen LogP contribution < -0.4 is 9.68 Å². The first-order valence-electron chi connectivity index (χ1n) is 6.40. The van der Waals surface area contributed by atoms with Crippen LogP contribution in [-0.4, -0.2) is 13.2 Å². The summed E-state index contributed by atoms with van der Waals surface area (Å²) in [5, 5.41) is 0. The highest BCUT2D eigenvalue weighted by Crippen LogP contribution is 2.44. The molecule has 1 aliphatic carbocycles. The Labute approximate surface area is 118 Å². The lowest BCUT2D eigenvalue weighted by Crippen LogP contribution is -2.18. The van der Waals surface area contributed by atoms with E-state index < -0.39 is 5.54 Å². The summed E-state index contributed by atoms with van der Waals surface area (Å²) in [6.07, 6.45) is 5.35. The molecular weight excluding hydrogens is 278 g/mol. The molecule has 5 nitrogen and oxygen atoms in total. The van der Waals surface area contributed by atoms with E-state index in [9.17, 15) is 9.59 Å². The van der Waals surface area contributed by atoms with Gasteiger partial charge in [-0.15, -0.1) is 0 Å². The molecule has 3 rings (SSSR count). The molecule has 1 aromatic carbocycles. The van der Waals surface area contributed by atoms with Gasteiger partial charge in [0.2, 0.25) is 6.08 Å². The molecule has 20 heavy (non-hydrogen) atoms. The van der Waals surface area contributed by atoms with E-state index >= 15 is 0 Å². The van der Waals surface area contributed by atoms with Gasteiger partial charge in [-0.25, -0.2) is 9.59 Å². The van der Waals surface area contributed by atoms with Crippen molar-refractivity contribution in [3.05, 3.63) is 27.4 Å². The van der Waals surface area contributed by atoms with Gasteiger partial charge in [-0.1, -0.05) is 24.2 Å². The monoisotopic (exact) mass is 291 g/mol. The molecule has 0 N–H and O–H groups in total. The van der Waals surface area contributed by atoms with Crippen LogP contribution in [0.15, 0.2) is 26.3 Å². The second-order valence-electron chi connectivity index (χ2n) is 4.90. The van der Waals surface area contributed by atoms with Crippen LogP contribution >= 0.6 is 11.3 Å². The van der Waals surface area contributed by atoms with Crippen molar-refractivity contribution in [2.24, 2.45) is 4.99 Å². The molecule has 0 spiro atoms. The first-order valence-corrected chi connectivity index (χ1v) is 7.21. The molecule has 1 fully saturated rings. The second kappa shape index (κ2) is 4.89. The molecule has 6 heteroatoms. The van der Waals surface area contributed by atoms with Crippen molar-refractivity contribution >= 4 is 27.7 Å². The van der Waals surface area contributed by atoms with E-state index in [-0.39, 0.29) is 4.94 Å². The minimum Gasteiger partial charge on any atom is -0.493 e. The lowest BCUT2D eigenvalue weighted by atomic mass is 9.89. The van der Waals surface area contributed by atoms with Crippen LogP contribution in [-0.2, 0) is 10.3 Å². The van der Waals surface area contributed by atoms with Crippen LogP contribution in [0.5, 0.6) is 5.75 Å². The largest absolute Gasteiger partial charge is 0.493 e. The number of aliphatic imine (C=N–C) groups is 1. The molecule has 104 valence electrons. The fourth-order valence-corrected chi connectivity index (χ4v) is 3.61. The van der Waals surface area contributed by atoms with Crippen LogP contribution in [0.3, 0.4) is 0 Å². The Morgan fingerprint density at radius 2 is 2.15 bits per heavy atom. The standard InChI is InChI=1S/C14H13NO4S/c1-18-10-6-9(7-11-12(10)19-13(17)20-11)14(15-8-16)4-2-3-5-14/h6-7H,2-5H2,1H3. The van der Waals surface area contributed by atoms with Gasteiger partial charge < -0.3 is 9.15 Å². The van der Waals surface area contributed by atoms with Gasteiger partial charge in [0.1, 0.15) is 0 Å². The fraction of sp³-hybridized carbons (Fsp3) is 0.429. The van der Waals surface area contributed by atoms with E-state index in [1.54, 1.807) is 6.08 Å². The van der Waals surface area contributed by atoms with E-state index in [0.29, 0.717) is 11.3 Å². The van der Waals surface area contributed by atoms with Gasteiger partial charge in [-0.2, -0.15) is 4.99 Å². The van der Waals surface area contributed by atoms with Crippen molar-refractivity contribution in [1.29, 1.82) is 0 Å². The van der Waals surface area contributed by atoms with Crippen LogP contribution in [0.4, 0.5) is 0 Å². The van der Waals surface area contributed by atoms with E-state index in [4.69, 9.17) is 9.15 Å². The van der Waals surface area contributed by atoms with Crippen molar-refractivity contribution in [2.45, 2.75) is 31.2 Å². The molecule has 0 amide bonds. The van der Waals surface area contributed by atoms with Crippen molar-refractivity contribution in [3.8, 4) is 5.75 Å². The Kier molecular flexibility index (Phi) is 3.20. The minimum absolute atomic E-state index is 0.366. The van der Waals surface area contributed by atoms with Crippen molar-refractivity contribution < 1.29 is 13.9 Å². The third-order valence-corrected chi connectivity index (χ3v) is 4.62. The molecule has 0 bridgehead atoms. The van der Waals surface area contributed by atoms with Crippen LogP contribution in [0.1, 0.15) is 31.2 Å². The molecule has 2 aromatic rings. The van der Waals surface area contributed by atoms with Gasteiger partial charge in [0, 0.05) is 0 Å². The third kappa shape index (κ3) is 1.97. The van der Waals surface area contributed by atoms with Crippen molar-refractivity contribution in [3.63, 3.8) is 0 Å². The molecule has 0 radical (unpaired) electrons. The van der Waals surface area contributed by atoms with E-state index in [2.05, 4.69) is 4.99 Å². The maximum absolute atomic E-state index is 11.4. The minimum atomic E-state index is -0.531. The number of hydrogen-bond acceptors (Lipinski definition) is 6. The average molecular weight is 291 g/mol. The summed E-state index contributed by atoms with van der Waals surface area (Å²) in [4.78, 5) is 25.9. The third-order valence-electron chi connectivity index (χ3n) is 3.85. The summed E-state index contributed by atoms with van der Waals surface area (Å²) in [6.45, 7) is 0. The quantitative estimate of drug-likeness (QED) is 0.644. The van der Waals surface area contributed by atoms with Gasteiger partial charge in [-0.05, 0) is 30.5 Å². The number of ether oxygens (including phenoxy) is 1. The lowest BCUT2D eigenvalue weighted by Gasteiger charge is -2.23. The zero-order valence-corrected chi connectivity index (χ0v) is 11.8. The molecule has 1 heterocycles. The zero-order valence-electron chi connectivity index (χ0n) is 11.0. The first kappa shape index (κ1) is 13.1. The molecule has 0 aliphatic heterocycles. The Balaban J connectivity index is 2.25. The summed E-state index contributed by atoms with van der Waals surface area (Å²) in [7, 11) is 1.53. The number of rotatable bonds is 3. The van der Waals surface area contributed by atoms with Gasteiger partial charge >= 0.3 is 4.94 Å². The summed E-state index contributed by atoms with van der Waals surface area (Å²) in [6, 6.07) is 3.68. The smallest absolute Gasteiger partial charge is 0.396 e. The second-order valence-corrected chi connectivity index (χ2v) is 5.88. The van der Waals surface area contributed by atoms with Gasteiger partial charge in [0.15, 0.2) is 11.3 Å². The highest BCUT2D eigenvalue weighted by atomic mass is 32.1. The van der Waals surface area contributed by atoms with E-state index in [1.807, 2.05) is 12.1 Å². The summed E-state index contributed by atoms with van der Waals surface area (Å²) in [5.74, 6) is 0.503. The highest BCUT2D eigenvalue weighted by Gasteiger charge is 2.36. The summed E-state index contributed by atoms with van der Waals surface area (Å²) in [5.41, 5.74) is 0.810. The SMILES string of the molecule is COc1cc(C2(N=C=O)CCCC2)cc2sc(=O)oc12. The summed E-state index contributed by atoms with van der Waals surface area (Å²) < 4.78 is 11.1. The van der Waals surface area contributed by atoms with Gasteiger partial charge in [-0.3, -0.25) is 0 Å². The Morgan fingerprint density at radius 3 is 2.80 bits per heavy atom. The van der Waals surface area contributed by atoms with Crippen LogP contribution in [0, 0.1) is 0 Å². The molecule has 1 saturated carbocycles. The number of benzene rings is 1. The molecule has 1 aromatic heterocycles. The number of fused-ring (bicyclic) bond motifs is 1. The molecule has 0 unspecified atom stereocenters. The molecule has 1 aliphatic rings. The Morgan fingerprint density at radius 1 is 1.40 bits per heavy atom. The normalized spacial score (nSPS) is 17.1. The predicted octanol–water partition coefficient (Wildman–Crippen LogP) is 2.97. The first-order chi connectivity index (χ1) is 9.68. The molecular formula is C14H13NO4S. The molecule has 0 saturated heterocycles. The van der Waals surface area contributed by atoms with E-state index in [0.717, 1.165) is 47.3 Å². The number of methoxy groups -OCH3 is 1. The zero-order chi connectivity index (χ0) is 14.2. The Hall–Kier alpha value is -1.91. The predicted molar refractivity (Wildman–Crippen MR) is 75.2 cm³/mol. The van der Waals surface area contributed by atoms with E-state index in [1.165, 1.54) is 7.11 Å². The summed E-state index contributed by atoms with van der Waals surface area (Å²) >= 11 is 1.03. The average Bonchev–Trinajstić information content (AvgIpc) is 3.04. The van der Waals surface area contributed by atoms with Gasteiger partial charge in [0.25, 0.3) is 0 Å². The number of hydrogen-bond donors (Lipinski definition) is 0. The van der Waals surface area contributed by atoms with Crippen molar-refractivity contribution in [1.82, 2.24) is 0 Å². The lowest BCUT2D eigenvalue weighted by molar-refractivity contribution is 0.403. The van der Waals surface area contributed by atoms with Crippen LogP contribution in [0.2, 0.25) is 0 Å². The van der Waals surface area contributed by atoms with Crippen molar-refractivity contribution in [2.75, 3.05) is 7.11 Å². The number of nitrogens with zero attached hydrogens (tertiary/aromatic N) is 1. The highest BCUT2D eigenvalue weighted by molar-refractivity contribution is 7.16. The maximum Gasteiger partial charge on any atom is 0.396 e. The van der Waals surface area contributed by atoms with Crippen LogP contribution in [0.25, 0.3) is 10.3 Å². The number of isocyanates is 1. The number of carbonyl (C=O) groups excluding carboxylic acids is 1. The molecule has 0 atom stereocenters. The maximum atomic E-state index is 11.4.